The Hall–Kier alpha value is -2.76. The van der Waals surface area contributed by atoms with Gasteiger partial charge in [-0.05, 0) is 26.0 Å². The molecule has 0 saturated carbocycles. The number of carbonyl (C=O) groups excluding carboxylic acids is 1. The molecule has 1 aromatic carbocycles. The molecule has 112 valence electrons. The highest BCUT2D eigenvalue weighted by Gasteiger charge is 2.16. The lowest BCUT2D eigenvalue weighted by Gasteiger charge is -2.14. The highest BCUT2D eigenvalue weighted by atomic mass is 16.1. The summed E-state index contributed by atoms with van der Waals surface area (Å²) in [6.07, 6.45) is 3.25. The summed E-state index contributed by atoms with van der Waals surface area (Å²) < 4.78 is 1.91. The normalized spacial score (nSPS) is 12.3. The first-order chi connectivity index (χ1) is 10.7. The Bertz CT molecular complexity index is 811. The fourth-order valence-electron chi connectivity index (χ4n) is 2.38. The van der Waals surface area contributed by atoms with E-state index in [1.165, 1.54) is 0 Å². The fourth-order valence-corrected chi connectivity index (χ4v) is 2.38. The zero-order valence-corrected chi connectivity index (χ0v) is 12.5. The average molecular weight is 295 g/mol. The third kappa shape index (κ3) is 2.67. The third-order valence-corrected chi connectivity index (χ3v) is 3.57. The van der Waals surface area contributed by atoms with Crippen LogP contribution < -0.4 is 5.32 Å². The van der Waals surface area contributed by atoms with Crippen LogP contribution in [-0.2, 0) is 6.54 Å². The number of hydrogen-bond acceptors (Lipinski definition) is 4. The van der Waals surface area contributed by atoms with E-state index >= 15 is 0 Å². The number of rotatable bonds is 4. The van der Waals surface area contributed by atoms with Gasteiger partial charge in [-0.1, -0.05) is 18.2 Å². The second-order valence-corrected chi connectivity index (χ2v) is 5.09. The number of para-hydroxylation sites is 1. The van der Waals surface area contributed by atoms with E-state index < -0.39 is 0 Å². The lowest BCUT2D eigenvalue weighted by Crippen LogP contribution is -2.28. The highest BCUT2D eigenvalue weighted by molar-refractivity contribution is 5.97. The molecule has 0 aliphatic heterocycles. The summed E-state index contributed by atoms with van der Waals surface area (Å²) in [6, 6.07) is 9.34. The van der Waals surface area contributed by atoms with Crippen LogP contribution in [0.25, 0.3) is 10.9 Å². The summed E-state index contributed by atoms with van der Waals surface area (Å²) in [7, 11) is 0. The molecule has 0 spiro atoms. The van der Waals surface area contributed by atoms with E-state index in [2.05, 4.69) is 20.5 Å². The van der Waals surface area contributed by atoms with Crippen LogP contribution in [0.4, 0.5) is 0 Å². The van der Waals surface area contributed by atoms with Gasteiger partial charge in [-0.2, -0.15) is 0 Å². The minimum absolute atomic E-state index is 0.170. The maximum absolute atomic E-state index is 12.4. The molecule has 6 nitrogen and oxygen atoms in total. The van der Waals surface area contributed by atoms with Crippen LogP contribution in [0.2, 0.25) is 0 Å². The van der Waals surface area contributed by atoms with E-state index in [9.17, 15) is 4.79 Å². The molecule has 1 atom stereocenters. The fraction of sp³-hybridized carbons (Fsp3) is 0.250. The Balaban J connectivity index is 1.80. The van der Waals surface area contributed by atoms with Crippen molar-refractivity contribution in [1.29, 1.82) is 0 Å². The molecular formula is C16H17N5O. The second kappa shape index (κ2) is 5.93. The summed E-state index contributed by atoms with van der Waals surface area (Å²) in [5.41, 5.74) is 1.41. The molecule has 0 bridgehead atoms. The van der Waals surface area contributed by atoms with Crippen molar-refractivity contribution in [2.24, 2.45) is 0 Å². The molecule has 2 aromatic heterocycles. The number of aryl methyl sites for hydroxylation is 1. The van der Waals surface area contributed by atoms with Gasteiger partial charge in [-0.3, -0.25) is 9.78 Å². The summed E-state index contributed by atoms with van der Waals surface area (Å²) in [5, 5.41) is 11.8. The van der Waals surface area contributed by atoms with Crippen molar-refractivity contribution >= 4 is 16.8 Å². The molecule has 6 heteroatoms. The van der Waals surface area contributed by atoms with Crippen molar-refractivity contribution in [2.45, 2.75) is 26.4 Å². The van der Waals surface area contributed by atoms with Crippen molar-refractivity contribution in [3.05, 3.63) is 54.2 Å². The van der Waals surface area contributed by atoms with Gasteiger partial charge in [0.1, 0.15) is 6.33 Å². The number of nitrogens with one attached hydrogen (secondary N) is 1. The van der Waals surface area contributed by atoms with Crippen LogP contribution in [0.5, 0.6) is 0 Å². The number of pyridine rings is 1. The Morgan fingerprint density at radius 3 is 3.00 bits per heavy atom. The summed E-state index contributed by atoms with van der Waals surface area (Å²) in [4.78, 5) is 16.7. The van der Waals surface area contributed by atoms with Crippen LogP contribution in [0, 0.1) is 0 Å². The van der Waals surface area contributed by atoms with Crippen molar-refractivity contribution in [3.8, 4) is 0 Å². The average Bonchev–Trinajstić information content (AvgIpc) is 3.03. The van der Waals surface area contributed by atoms with Crippen LogP contribution in [-0.4, -0.2) is 25.7 Å². The number of fused-ring (bicyclic) bond motifs is 1. The first kappa shape index (κ1) is 14.2. The van der Waals surface area contributed by atoms with Gasteiger partial charge in [0.25, 0.3) is 5.91 Å². The maximum atomic E-state index is 12.4. The quantitative estimate of drug-likeness (QED) is 0.802. The minimum atomic E-state index is -0.221. The predicted octanol–water partition coefficient (Wildman–Crippen LogP) is 2.34. The van der Waals surface area contributed by atoms with Gasteiger partial charge in [0.2, 0.25) is 0 Å². The molecule has 0 aliphatic carbocycles. The Kier molecular flexibility index (Phi) is 3.82. The smallest absolute Gasteiger partial charge is 0.253 e. The van der Waals surface area contributed by atoms with Crippen molar-refractivity contribution in [3.63, 3.8) is 0 Å². The van der Waals surface area contributed by atoms with Crippen molar-refractivity contribution in [2.75, 3.05) is 0 Å². The van der Waals surface area contributed by atoms with E-state index in [4.69, 9.17) is 0 Å². The monoisotopic (exact) mass is 295 g/mol. The van der Waals surface area contributed by atoms with Gasteiger partial charge in [-0.15, -0.1) is 10.2 Å². The second-order valence-electron chi connectivity index (χ2n) is 5.09. The highest BCUT2D eigenvalue weighted by Crippen LogP contribution is 2.14. The van der Waals surface area contributed by atoms with E-state index in [0.29, 0.717) is 5.56 Å². The summed E-state index contributed by atoms with van der Waals surface area (Å²) in [6.45, 7) is 4.66. The van der Waals surface area contributed by atoms with Gasteiger partial charge >= 0.3 is 0 Å². The van der Waals surface area contributed by atoms with Gasteiger partial charge < -0.3 is 9.88 Å². The van der Waals surface area contributed by atoms with E-state index in [1.54, 1.807) is 12.5 Å². The Morgan fingerprint density at radius 2 is 2.18 bits per heavy atom. The molecule has 1 amide bonds. The van der Waals surface area contributed by atoms with Crippen molar-refractivity contribution in [1.82, 2.24) is 25.1 Å². The lowest BCUT2D eigenvalue weighted by atomic mass is 10.1. The third-order valence-electron chi connectivity index (χ3n) is 3.57. The van der Waals surface area contributed by atoms with Gasteiger partial charge in [-0.25, -0.2) is 0 Å². The molecule has 0 saturated heterocycles. The SMILES string of the molecule is CCn1cnnc1C(C)NC(=O)c1cnc2ccccc2c1. The van der Waals surface area contributed by atoms with E-state index in [0.717, 1.165) is 23.3 Å². The number of hydrogen-bond donors (Lipinski definition) is 1. The molecule has 0 aliphatic rings. The Morgan fingerprint density at radius 1 is 1.36 bits per heavy atom. The molecule has 3 rings (SSSR count). The number of nitrogens with zero attached hydrogens (tertiary/aromatic N) is 4. The standard InChI is InChI=1S/C16H17N5O/c1-3-21-10-18-20-15(21)11(2)19-16(22)13-8-12-6-4-5-7-14(12)17-9-13/h4-11H,3H2,1-2H3,(H,19,22). The van der Waals surface area contributed by atoms with Gasteiger partial charge in [0, 0.05) is 18.1 Å². The molecular weight excluding hydrogens is 278 g/mol. The maximum Gasteiger partial charge on any atom is 0.253 e. The number of aromatic nitrogens is 4. The first-order valence-corrected chi connectivity index (χ1v) is 7.22. The van der Waals surface area contributed by atoms with Crippen LogP contribution >= 0.6 is 0 Å². The molecule has 2 heterocycles. The van der Waals surface area contributed by atoms with Crippen LogP contribution in [0.3, 0.4) is 0 Å². The lowest BCUT2D eigenvalue weighted by molar-refractivity contribution is 0.0937. The minimum Gasteiger partial charge on any atom is -0.342 e. The summed E-state index contributed by atoms with van der Waals surface area (Å²) in [5.74, 6) is 0.570. The van der Waals surface area contributed by atoms with Gasteiger partial charge in [0.05, 0.1) is 17.1 Å². The topological polar surface area (TPSA) is 72.7 Å². The molecule has 0 fully saturated rings. The molecule has 1 unspecified atom stereocenters. The number of amides is 1. The molecule has 3 aromatic rings. The molecule has 0 radical (unpaired) electrons. The Labute approximate surface area is 128 Å². The largest absolute Gasteiger partial charge is 0.342 e. The molecule has 1 N–H and O–H groups in total. The number of carbonyl (C=O) groups is 1. The van der Waals surface area contributed by atoms with Crippen LogP contribution in [0.1, 0.15) is 36.1 Å². The zero-order valence-electron chi connectivity index (χ0n) is 12.5. The first-order valence-electron chi connectivity index (χ1n) is 7.22. The summed E-state index contributed by atoms with van der Waals surface area (Å²) >= 11 is 0. The van der Waals surface area contributed by atoms with Gasteiger partial charge in [0.15, 0.2) is 5.82 Å². The van der Waals surface area contributed by atoms with E-state index in [-0.39, 0.29) is 11.9 Å². The van der Waals surface area contributed by atoms with Crippen molar-refractivity contribution < 1.29 is 4.79 Å². The van der Waals surface area contributed by atoms with Crippen LogP contribution in [0.15, 0.2) is 42.9 Å². The van der Waals surface area contributed by atoms with E-state index in [1.807, 2.05) is 48.7 Å². The predicted molar refractivity (Wildman–Crippen MR) is 83.3 cm³/mol. The molecule has 22 heavy (non-hydrogen) atoms. The number of benzene rings is 1. The zero-order chi connectivity index (χ0) is 15.5.